The maximum Gasteiger partial charge on any atom is 0.416 e. The van der Waals surface area contributed by atoms with Gasteiger partial charge in [0.2, 0.25) is 5.88 Å². The molecule has 190 valence electrons. The third-order valence-corrected chi connectivity index (χ3v) is 7.33. The van der Waals surface area contributed by atoms with E-state index in [-0.39, 0.29) is 21.1 Å². The van der Waals surface area contributed by atoms with Crippen molar-refractivity contribution in [2.24, 2.45) is 0 Å². The molecule has 0 spiro atoms. The Kier molecular flexibility index (Phi) is 6.26. The number of aryl methyl sites for hydroxylation is 1. The fraction of sp³-hybridized carbons (Fsp3) is 0.167. The summed E-state index contributed by atoms with van der Waals surface area (Å²) >= 11 is 7.35. The highest BCUT2D eigenvalue weighted by atomic mass is 35.5. The van der Waals surface area contributed by atoms with Crippen molar-refractivity contribution in [2.75, 3.05) is 0 Å². The van der Waals surface area contributed by atoms with E-state index in [1.165, 1.54) is 6.20 Å². The van der Waals surface area contributed by atoms with E-state index in [2.05, 4.69) is 9.97 Å². The van der Waals surface area contributed by atoms with Gasteiger partial charge in [-0.3, -0.25) is 19.3 Å². The summed E-state index contributed by atoms with van der Waals surface area (Å²) in [4.78, 5) is 35.7. The number of aliphatic hydroxyl groups excluding tert-OH is 1. The van der Waals surface area contributed by atoms with Crippen molar-refractivity contribution in [3.05, 3.63) is 80.3 Å². The number of hydrogen-bond donors (Lipinski definition) is 2. The highest BCUT2D eigenvalue weighted by molar-refractivity contribution is 7.22. The summed E-state index contributed by atoms with van der Waals surface area (Å²) in [5.41, 5.74) is -0.916. The molecule has 0 radical (unpaired) electrons. The van der Waals surface area contributed by atoms with E-state index in [9.17, 15) is 27.9 Å². The van der Waals surface area contributed by atoms with E-state index in [1.807, 2.05) is 17.1 Å². The number of hydrogen-bond acceptors (Lipinski definition) is 7. The van der Waals surface area contributed by atoms with Crippen LogP contribution in [0.2, 0.25) is 5.02 Å². The molecule has 4 heterocycles. The van der Waals surface area contributed by atoms with Gasteiger partial charge in [-0.25, -0.2) is 9.78 Å². The van der Waals surface area contributed by atoms with Gasteiger partial charge in [0.05, 0.1) is 11.9 Å². The largest absolute Gasteiger partial charge is 0.438 e. The number of nitrogens with one attached hydrogen (secondary N) is 1. The third-order valence-electron chi connectivity index (χ3n) is 5.70. The van der Waals surface area contributed by atoms with Gasteiger partial charge in [-0.1, -0.05) is 17.7 Å². The monoisotopic (exact) mass is 548 g/mol. The molecule has 0 aliphatic rings. The number of fused-ring (bicyclic) bond motifs is 2. The lowest BCUT2D eigenvalue weighted by molar-refractivity contribution is -0.207. The molecule has 13 heteroatoms. The minimum atomic E-state index is -4.94. The van der Waals surface area contributed by atoms with Gasteiger partial charge in [0, 0.05) is 34.4 Å². The standard InChI is InChI=1S/C24H16ClF3N4O4S/c1-11-18-20(34)31-23(35)32(10-17(33)24(26,27)28)22(18)37-19(11)14-7-16(25)21(30-9-14)36-15-3-2-12-4-5-29-8-13(12)6-15/h2-9,17,33H,10H2,1H3,(H,31,34,35)/t17-/m1/s1. The molecule has 1 aromatic carbocycles. The molecule has 2 N–H and O–H groups in total. The van der Waals surface area contributed by atoms with Crippen molar-refractivity contribution in [3.63, 3.8) is 0 Å². The molecule has 5 rings (SSSR count). The Balaban J connectivity index is 1.53. The Morgan fingerprint density at radius 1 is 1.19 bits per heavy atom. The summed E-state index contributed by atoms with van der Waals surface area (Å²) in [6.45, 7) is 0.530. The predicted molar refractivity (Wildman–Crippen MR) is 134 cm³/mol. The lowest BCUT2D eigenvalue weighted by atomic mass is 10.1. The Morgan fingerprint density at radius 3 is 2.70 bits per heavy atom. The van der Waals surface area contributed by atoms with Gasteiger partial charge in [-0.15, -0.1) is 11.3 Å². The van der Waals surface area contributed by atoms with E-state index < -0.39 is 30.1 Å². The summed E-state index contributed by atoms with van der Waals surface area (Å²) in [6.07, 6.45) is -2.90. The zero-order valence-corrected chi connectivity index (χ0v) is 20.4. The quantitative estimate of drug-likeness (QED) is 0.318. The molecule has 0 aliphatic carbocycles. The SMILES string of the molecule is Cc1c(-c2cnc(Oc3ccc4ccncc4c3)c(Cl)c2)sc2c1c(=O)[nH]c(=O)n2C[C@@H](O)C(F)(F)F. The molecule has 4 aromatic heterocycles. The lowest BCUT2D eigenvalue weighted by Crippen LogP contribution is -2.38. The normalized spacial score (nSPS) is 12.8. The number of aromatic amines is 1. The van der Waals surface area contributed by atoms with Crippen LogP contribution in [-0.2, 0) is 6.54 Å². The lowest BCUT2D eigenvalue weighted by Gasteiger charge is -2.15. The van der Waals surface area contributed by atoms with Gasteiger partial charge in [0.25, 0.3) is 5.56 Å². The van der Waals surface area contributed by atoms with Crippen molar-refractivity contribution in [1.82, 2.24) is 19.5 Å². The molecule has 0 unspecified atom stereocenters. The summed E-state index contributed by atoms with van der Waals surface area (Å²) < 4.78 is 45.3. The van der Waals surface area contributed by atoms with Crippen LogP contribution in [0.25, 0.3) is 31.4 Å². The zero-order valence-electron chi connectivity index (χ0n) is 18.8. The van der Waals surface area contributed by atoms with Crippen molar-refractivity contribution in [1.29, 1.82) is 0 Å². The van der Waals surface area contributed by atoms with Gasteiger partial charge in [-0.05, 0) is 42.1 Å². The van der Waals surface area contributed by atoms with Crippen molar-refractivity contribution < 1.29 is 23.0 Å². The second-order valence-electron chi connectivity index (χ2n) is 8.16. The zero-order chi connectivity index (χ0) is 26.5. The fourth-order valence-corrected chi connectivity index (χ4v) is 5.35. The number of aliphatic hydroxyl groups is 1. The Hall–Kier alpha value is -3.74. The van der Waals surface area contributed by atoms with E-state index in [1.54, 1.807) is 37.5 Å². The molecule has 1 atom stereocenters. The Morgan fingerprint density at radius 2 is 1.97 bits per heavy atom. The maximum atomic E-state index is 12.9. The number of benzene rings is 1. The van der Waals surface area contributed by atoms with Crippen molar-refractivity contribution in [2.45, 2.75) is 25.7 Å². The smallest absolute Gasteiger partial charge is 0.416 e. The second kappa shape index (κ2) is 9.29. The van der Waals surface area contributed by atoms with E-state index in [0.29, 0.717) is 26.3 Å². The first-order chi connectivity index (χ1) is 17.5. The van der Waals surface area contributed by atoms with Gasteiger partial charge in [-0.2, -0.15) is 13.2 Å². The molecule has 0 saturated heterocycles. The molecule has 0 saturated carbocycles. The van der Waals surface area contributed by atoms with Crippen LogP contribution < -0.4 is 16.0 Å². The molecular formula is C24H16ClF3N4O4S. The summed E-state index contributed by atoms with van der Waals surface area (Å²) in [5.74, 6) is 0.606. The number of H-pyrrole nitrogens is 1. The number of alkyl halides is 3. The van der Waals surface area contributed by atoms with E-state index >= 15 is 0 Å². The molecule has 0 aliphatic heterocycles. The summed E-state index contributed by atoms with van der Waals surface area (Å²) in [5, 5.41) is 11.5. The molecule has 5 aromatic rings. The fourth-order valence-electron chi connectivity index (χ4n) is 3.86. The molecule has 0 fully saturated rings. The number of halogens is 4. The Bertz CT molecular complexity index is 1780. The van der Waals surface area contributed by atoms with Crippen molar-refractivity contribution >= 4 is 43.9 Å². The average Bonchev–Trinajstić information content (AvgIpc) is 3.19. The van der Waals surface area contributed by atoms with Gasteiger partial charge in [0.15, 0.2) is 6.10 Å². The number of ether oxygens (including phenoxy) is 1. The second-order valence-corrected chi connectivity index (χ2v) is 9.57. The number of pyridine rings is 2. The van der Waals surface area contributed by atoms with Crippen LogP contribution in [0.5, 0.6) is 11.6 Å². The van der Waals surface area contributed by atoms with Crippen molar-refractivity contribution in [3.8, 4) is 22.1 Å². The summed E-state index contributed by atoms with van der Waals surface area (Å²) in [7, 11) is 0. The first-order valence-electron chi connectivity index (χ1n) is 10.7. The number of rotatable bonds is 5. The van der Waals surface area contributed by atoms with Crippen LogP contribution in [0, 0.1) is 6.92 Å². The maximum absolute atomic E-state index is 12.9. The van der Waals surface area contributed by atoms with Crippen LogP contribution in [0.1, 0.15) is 5.56 Å². The molecule has 37 heavy (non-hydrogen) atoms. The highest BCUT2D eigenvalue weighted by Crippen LogP contribution is 2.39. The molecular weight excluding hydrogens is 533 g/mol. The van der Waals surface area contributed by atoms with Gasteiger partial charge in [0.1, 0.15) is 15.6 Å². The molecule has 8 nitrogen and oxygen atoms in total. The number of thiophene rings is 1. The first kappa shape index (κ1) is 24.9. The van der Waals surface area contributed by atoms with Crippen LogP contribution in [0.3, 0.4) is 0 Å². The predicted octanol–water partition coefficient (Wildman–Crippen LogP) is 5.04. The van der Waals surface area contributed by atoms with E-state index in [4.69, 9.17) is 16.3 Å². The number of aromatic nitrogens is 4. The topological polar surface area (TPSA) is 110 Å². The first-order valence-corrected chi connectivity index (χ1v) is 11.9. The van der Waals surface area contributed by atoms with E-state index in [0.717, 1.165) is 22.1 Å². The minimum Gasteiger partial charge on any atom is -0.438 e. The van der Waals surface area contributed by atoms with Crippen LogP contribution in [0.15, 0.2) is 58.5 Å². The highest BCUT2D eigenvalue weighted by Gasteiger charge is 2.39. The summed E-state index contributed by atoms with van der Waals surface area (Å²) in [6, 6.07) is 8.81. The van der Waals surface area contributed by atoms with Gasteiger partial charge < -0.3 is 9.84 Å². The molecule has 0 amide bonds. The van der Waals surface area contributed by atoms with Crippen LogP contribution >= 0.6 is 22.9 Å². The van der Waals surface area contributed by atoms with Crippen LogP contribution in [0.4, 0.5) is 13.2 Å². The van der Waals surface area contributed by atoms with Gasteiger partial charge >= 0.3 is 11.9 Å². The average molecular weight is 549 g/mol. The number of nitrogens with zero attached hydrogens (tertiary/aromatic N) is 3. The molecule has 0 bridgehead atoms. The minimum absolute atomic E-state index is 0.00854. The Labute approximate surface area is 214 Å². The third kappa shape index (κ3) is 4.70. The van der Waals surface area contributed by atoms with Crippen LogP contribution in [-0.4, -0.2) is 36.9 Å².